The van der Waals surface area contributed by atoms with Crippen LogP contribution in [-0.2, 0) is 24.3 Å². The van der Waals surface area contributed by atoms with Crippen molar-refractivity contribution in [3.05, 3.63) is 72.4 Å². The topological polar surface area (TPSA) is 37.9 Å². The van der Waals surface area contributed by atoms with E-state index in [0.29, 0.717) is 0 Å². The average Bonchev–Trinajstić information content (AvgIpc) is 3.21. The molecular formula is C20H19ClFN3O. The molecule has 4 nitrogen and oxygen atoms in total. The number of hydrogen-bond acceptors (Lipinski definition) is 1. The summed E-state index contributed by atoms with van der Waals surface area (Å²) in [6, 6.07) is 16.0. The van der Waals surface area contributed by atoms with Crippen molar-refractivity contribution in [2.75, 3.05) is 5.32 Å². The molecule has 0 fully saturated rings. The Bertz CT molecular complexity index is 907. The molecule has 1 aliphatic heterocycles. The van der Waals surface area contributed by atoms with Gasteiger partial charge in [0, 0.05) is 11.3 Å². The molecule has 0 atom stereocenters. The van der Waals surface area contributed by atoms with Crippen molar-refractivity contribution in [3.8, 4) is 11.3 Å². The van der Waals surface area contributed by atoms with Crippen LogP contribution in [0.25, 0.3) is 11.3 Å². The molecule has 1 aromatic heterocycles. The fourth-order valence-corrected chi connectivity index (χ4v) is 3.37. The average molecular weight is 372 g/mol. The molecule has 0 spiro atoms. The van der Waals surface area contributed by atoms with Crippen molar-refractivity contribution in [1.29, 1.82) is 0 Å². The molecular weight excluding hydrogens is 353 g/mol. The smallest absolute Gasteiger partial charge is 0.266 e. The zero-order valence-electron chi connectivity index (χ0n) is 14.2. The second kappa shape index (κ2) is 7.70. The molecule has 0 saturated carbocycles. The number of hydrogen-bond donors (Lipinski definition) is 1. The number of carbonyl (C=O) groups excluding carboxylic acids is 1. The van der Waals surface area contributed by atoms with Crippen LogP contribution >= 0.6 is 0 Å². The lowest BCUT2D eigenvalue weighted by Crippen LogP contribution is -3.00. The first kappa shape index (κ1) is 18.1. The van der Waals surface area contributed by atoms with E-state index in [1.54, 1.807) is 12.1 Å². The molecule has 6 heteroatoms. The number of imidazole rings is 1. The molecule has 1 aliphatic rings. The Morgan fingerprint density at radius 3 is 2.58 bits per heavy atom. The minimum Gasteiger partial charge on any atom is -1.00 e. The van der Waals surface area contributed by atoms with Gasteiger partial charge < -0.3 is 17.7 Å². The fourth-order valence-electron chi connectivity index (χ4n) is 3.37. The summed E-state index contributed by atoms with van der Waals surface area (Å²) in [6.45, 7) is 1.20. The quantitative estimate of drug-likeness (QED) is 0.652. The first-order chi connectivity index (χ1) is 12.2. The zero-order chi connectivity index (χ0) is 17.2. The molecule has 0 unspecified atom stereocenters. The van der Waals surface area contributed by atoms with Crippen LogP contribution in [0.3, 0.4) is 0 Å². The maximum atomic E-state index is 13.2. The van der Waals surface area contributed by atoms with Gasteiger partial charge in [-0.2, -0.15) is 0 Å². The van der Waals surface area contributed by atoms with Crippen LogP contribution in [0.1, 0.15) is 12.2 Å². The van der Waals surface area contributed by atoms with Gasteiger partial charge in [0.25, 0.3) is 11.7 Å². The monoisotopic (exact) mass is 371 g/mol. The van der Waals surface area contributed by atoms with Gasteiger partial charge >= 0.3 is 0 Å². The lowest BCUT2D eigenvalue weighted by molar-refractivity contribution is -0.690. The minimum atomic E-state index is -0.243. The molecule has 4 rings (SSSR count). The van der Waals surface area contributed by atoms with Gasteiger partial charge in [-0.25, -0.2) is 13.5 Å². The number of halogens is 2. The first-order valence-electron chi connectivity index (χ1n) is 8.43. The Balaban J connectivity index is 0.00000196. The summed E-state index contributed by atoms with van der Waals surface area (Å²) in [5.74, 6) is 0.844. The van der Waals surface area contributed by atoms with E-state index in [4.69, 9.17) is 0 Å². The van der Waals surface area contributed by atoms with Crippen LogP contribution in [0.2, 0.25) is 0 Å². The highest BCUT2D eigenvalue weighted by Crippen LogP contribution is 2.24. The molecule has 1 N–H and O–H groups in total. The number of carbonyl (C=O) groups is 1. The van der Waals surface area contributed by atoms with E-state index in [2.05, 4.69) is 9.88 Å². The maximum absolute atomic E-state index is 13.2. The first-order valence-corrected chi connectivity index (χ1v) is 8.43. The largest absolute Gasteiger partial charge is 1.00 e. The number of rotatable bonds is 4. The molecule has 2 aromatic carbocycles. The highest BCUT2D eigenvalue weighted by atomic mass is 35.5. The predicted octanol–water partition coefficient (Wildman–Crippen LogP) is 0.171. The second-order valence-electron chi connectivity index (χ2n) is 6.23. The zero-order valence-corrected chi connectivity index (χ0v) is 14.9. The van der Waals surface area contributed by atoms with Crippen molar-refractivity contribution in [1.82, 2.24) is 4.57 Å². The van der Waals surface area contributed by atoms with Gasteiger partial charge in [-0.3, -0.25) is 4.79 Å². The molecule has 0 radical (unpaired) electrons. The second-order valence-corrected chi connectivity index (χ2v) is 6.23. The van der Waals surface area contributed by atoms with Gasteiger partial charge in [0.15, 0.2) is 12.2 Å². The Morgan fingerprint density at radius 2 is 1.85 bits per heavy atom. The Kier molecular flexibility index (Phi) is 5.38. The van der Waals surface area contributed by atoms with Crippen molar-refractivity contribution < 1.29 is 26.2 Å². The number of para-hydroxylation sites is 1. The van der Waals surface area contributed by atoms with Crippen LogP contribution in [0, 0.1) is 5.82 Å². The normalized spacial score (nSPS) is 12.3. The minimum absolute atomic E-state index is 0. The fraction of sp³-hybridized carbons (Fsp3) is 0.200. The Labute approximate surface area is 157 Å². The van der Waals surface area contributed by atoms with Crippen LogP contribution in [0.5, 0.6) is 0 Å². The third kappa shape index (κ3) is 3.63. The van der Waals surface area contributed by atoms with E-state index >= 15 is 0 Å². The van der Waals surface area contributed by atoms with Crippen LogP contribution in [-0.4, -0.2) is 10.5 Å². The van der Waals surface area contributed by atoms with E-state index in [1.165, 1.54) is 12.1 Å². The number of fused-ring (bicyclic) bond motifs is 1. The van der Waals surface area contributed by atoms with Crippen molar-refractivity contribution in [3.63, 3.8) is 0 Å². The summed E-state index contributed by atoms with van der Waals surface area (Å²) in [5, 5.41) is 2.92. The van der Waals surface area contributed by atoms with E-state index in [9.17, 15) is 9.18 Å². The summed E-state index contributed by atoms with van der Waals surface area (Å²) >= 11 is 0. The molecule has 134 valence electrons. The van der Waals surface area contributed by atoms with Crippen LogP contribution < -0.4 is 22.3 Å². The summed E-state index contributed by atoms with van der Waals surface area (Å²) < 4.78 is 17.4. The van der Waals surface area contributed by atoms with E-state index < -0.39 is 0 Å². The van der Waals surface area contributed by atoms with Crippen LogP contribution in [0.4, 0.5) is 10.1 Å². The van der Waals surface area contributed by atoms with Crippen molar-refractivity contribution in [2.24, 2.45) is 0 Å². The van der Waals surface area contributed by atoms with Gasteiger partial charge in [-0.1, -0.05) is 18.2 Å². The molecule has 0 bridgehead atoms. The van der Waals surface area contributed by atoms with Gasteiger partial charge in [0.1, 0.15) is 12.0 Å². The van der Waals surface area contributed by atoms with Gasteiger partial charge in [0.05, 0.1) is 13.0 Å². The lowest BCUT2D eigenvalue weighted by Gasteiger charge is -2.03. The number of amides is 1. The number of anilines is 1. The Hall–Kier alpha value is -2.66. The lowest BCUT2D eigenvalue weighted by atomic mass is 10.1. The van der Waals surface area contributed by atoms with Gasteiger partial charge in [0.2, 0.25) is 0 Å². The van der Waals surface area contributed by atoms with Crippen LogP contribution in [0.15, 0.2) is 60.8 Å². The molecule has 26 heavy (non-hydrogen) atoms. The summed E-state index contributed by atoms with van der Waals surface area (Å²) in [7, 11) is 0. The maximum Gasteiger partial charge on any atom is 0.266 e. The van der Waals surface area contributed by atoms with E-state index in [1.807, 2.05) is 41.1 Å². The third-order valence-electron chi connectivity index (χ3n) is 4.51. The van der Waals surface area contributed by atoms with E-state index in [0.717, 1.165) is 42.2 Å². The standard InChI is InChI=1S/C20H18FN3O.ClH/c21-16-10-8-15(9-11-16)18-13-23(20-7-4-12-24(18)20)14-19(25)22-17-5-2-1-3-6-17;/h1-3,5-6,8-11,13H,4,7,12,14H2;1H. The molecule has 2 heterocycles. The number of aromatic nitrogens is 2. The molecule has 0 aliphatic carbocycles. The Morgan fingerprint density at radius 1 is 1.12 bits per heavy atom. The highest BCUT2D eigenvalue weighted by Gasteiger charge is 2.29. The van der Waals surface area contributed by atoms with Crippen molar-refractivity contribution >= 4 is 11.6 Å². The number of benzene rings is 2. The summed E-state index contributed by atoms with van der Waals surface area (Å²) in [5.41, 5.74) is 2.79. The third-order valence-corrected chi connectivity index (χ3v) is 4.51. The van der Waals surface area contributed by atoms with Crippen molar-refractivity contribution in [2.45, 2.75) is 25.9 Å². The number of nitrogens with zero attached hydrogens (tertiary/aromatic N) is 2. The highest BCUT2D eigenvalue weighted by molar-refractivity contribution is 5.89. The van der Waals surface area contributed by atoms with Gasteiger partial charge in [-0.15, -0.1) is 0 Å². The molecule has 0 saturated heterocycles. The SMILES string of the molecule is O=C(C[n+]1cc(-c2ccc(F)cc2)n2c1CCC2)Nc1ccccc1.[Cl-]. The summed E-state index contributed by atoms with van der Waals surface area (Å²) in [4.78, 5) is 12.4. The predicted molar refractivity (Wildman–Crippen MR) is 93.4 cm³/mol. The molecule has 3 aromatic rings. The molecule has 1 amide bonds. The summed E-state index contributed by atoms with van der Waals surface area (Å²) in [6.07, 6.45) is 4.00. The number of nitrogens with one attached hydrogen (secondary N) is 1. The van der Waals surface area contributed by atoms with Gasteiger partial charge in [-0.05, 0) is 42.8 Å². The van der Waals surface area contributed by atoms with E-state index in [-0.39, 0.29) is 30.7 Å².